The van der Waals surface area contributed by atoms with Crippen molar-refractivity contribution in [1.82, 2.24) is 0 Å². The number of hydrogen-bond donors (Lipinski definition) is 3. The van der Waals surface area contributed by atoms with Crippen LogP contribution in [0.3, 0.4) is 0 Å². The smallest absolute Gasteiger partial charge is 0.462 e. The van der Waals surface area contributed by atoms with Crippen molar-refractivity contribution >= 4 is 19.8 Å². The quantitative estimate of drug-likeness (QED) is 0.0238. The Kier molecular flexibility index (Phi) is 38.8. The maximum Gasteiger partial charge on any atom is 0.472 e. The molecule has 3 N–H and O–H groups in total. The number of unbranched alkanes of at least 4 members (excludes halogenated alkanes) is 8. The summed E-state index contributed by atoms with van der Waals surface area (Å²) >= 11 is 0. The number of aliphatic hydroxyl groups is 2. The van der Waals surface area contributed by atoms with Gasteiger partial charge in [0, 0.05) is 12.8 Å². The molecule has 0 rings (SSSR count). The number of carbonyl (C=O) groups excluding carboxylic acids is 2. The predicted molar refractivity (Wildman–Crippen MR) is 232 cm³/mol. The van der Waals surface area contributed by atoms with E-state index in [0.717, 1.165) is 51.4 Å². The zero-order chi connectivity index (χ0) is 41.9. The molecule has 10 nitrogen and oxygen atoms in total. The van der Waals surface area contributed by atoms with Gasteiger partial charge in [0.1, 0.15) is 12.7 Å². The lowest BCUT2D eigenvalue weighted by molar-refractivity contribution is -0.161. The second-order valence-electron chi connectivity index (χ2n) is 13.7. The van der Waals surface area contributed by atoms with Gasteiger partial charge in [-0.25, -0.2) is 4.57 Å². The number of ether oxygens (including phenoxy) is 2. The number of esters is 2. The number of hydrogen-bond acceptors (Lipinski definition) is 9. The van der Waals surface area contributed by atoms with Crippen molar-refractivity contribution in [2.75, 3.05) is 26.4 Å². The average molecular weight is 819 g/mol. The SMILES string of the molecule is CCCCC/C=C/C/C=C/C/C=C/C/C=C/CCCC(=O)OC[C@H](COP(=O)(O)OCC(O)CO)OC(=O)CCC/C=C/C/C=C/C/C=C/C/C=C/CCCCC. The van der Waals surface area contributed by atoms with Crippen molar-refractivity contribution in [3.8, 4) is 0 Å². The molecule has 324 valence electrons. The van der Waals surface area contributed by atoms with E-state index in [4.69, 9.17) is 19.1 Å². The minimum Gasteiger partial charge on any atom is -0.462 e. The molecule has 0 aliphatic carbocycles. The Labute approximate surface area is 344 Å². The minimum absolute atomic E-state index is 0.0908. The van der Waals surface area contributed by atoms with Crippen LogP contribution in [0, 0.1) is 0 Å². The molecule has 0 fully saturated rings. The minimum atomic E-state index is -4.65. The monoisotopic (exact) mass is 819 g/mol. The van der Waals surface area contributed by atoms with Gasteiger partial charge in [0.25, 0.3) is 0 Å². The first kappa shape index (κ1) is 53.9. The summed E-state index contributed by atoms with van der Waals surface area (Å²) in [5.74, 6) is -1.07. The molecular formula is C46H75O10P. The van der Waals surface area contributed by atoms with Crippen LogP contribution in [0.4, 0.5) is 0 Å². The Bertz CT molecular complexity index is 1260. The van der Waals surface area contributed by atoms with Crippen molar-refractivity contribution in [1.29, 1.82) is 0 Å². The number of phosphoric acid groups is 1. The molecule has 0 bridgehead atoms. The Morgan fingerprint density at radius 3 is 1.30 bits per heavy atom. The van der Waals surface area contributed by atoms with Crippen LogP contribution in [0.15, 0.2) is 97.2 Å². The Hall–Kier alpha value is -3.11. The van der Waals surface area contributed by atoms with E-state index in [1.54, 1.807) is 0 Å². The third-order valence-corrected chi connectivity index (χ3v) is 9.16. The molecule has 0 aromatic rings. The Morgan fingerprint density at radius 1 is 0.526 bits per heavy atom. The van der Waals surface area contributed by atoms with E-state index in [0.29, 0.717) is 25.7 Å². The van der Waals surface area contributed by atoms with Gasteiger partial charge in [0.05, 0.1) is 19.8 Å². The zero-order valence-electron chi connectivity index (χ0n) is 35.0. The molecule has 0 saturated heterocycles. The number of carbonyl (C=O) groups is 2. The summed E-state index contributed by atoms with van der Waals surface area (Å²) in [6.45, 7) is 2.17. The van der Waals surface area contributed by atoms with Gasteiger partial charge >= 0.3 is 19.8 Å². The van der Waals surface area contributed by atoms with E-state index in [1.807, 2.05) is 18.2 Å². The van der Waals surface area contributed by atoms with Gasteiger partial charge in [0.2, 0.25) is 0 Å². The largest absolute Gasteiger partial charge is 0.472 e. The summed E-state index contributed by atoms with van der Waals surface area (Å²) in [6.07, 6.45) is 49.6. The van der Waals surface area contributed by atoms with Crippen LogP contribution in [-0.2, 0) is 32.7 Å². The number of aliphatic hydroxyl groups excluding tert-OH is 2. The summed E-state index contributed by atoms with van der Waals surface area (Å²) in [5, 5.41) is 18.3. The molecule has 0 aliphatic heterocycles. The van der Waals surface area contributed by atoms with E-state index >= 15 is 0 Å². The highest BCUT2D eigenvalue weighted by atomic mass is 31.2. The molecule has 57 heavy (non-hydrogen) atoms. The lowest BCUT2D eigenvalue weighted by atomic mass is 10.2. The summed E-state index contributed by atoms with van der Waals surface area (Å²) in [4.78, 5) is 34.9. The molecular weight excluding hydrogens is 743 g/mol. The molecule has 0 aromatic carbocycles. The van der Waals surface area contributed by atoms with Gasteiger partial charge in [-0.15, -0.1) is 0 Å². The van der Waals surface area contributed by atoms with Crippen LogP contribution < -0.4 is 0 Å². The molecule has 3 atom stereocenters. The predicted octanol–water partition coefficient (Wildman–Crippen LogP) is 11.2. The van der Waals surface area contributed by atoms with E-state index < -0.39 is 51.8 Å². The number of rotatable bonds is 38. The highest BCUT2D eigenvalue weighted by Crippen LogP contribution is 2.43. The van der Waals surface area contributed by atoms with E-state index in [1.165, 1.54) is 38.5 Å². The van der Waals surface area contributed by atoms with Crippen LogP contribution in [0.5, 0.6) is 0 Å². The van der Waals surface area contributed by atoms with Crippen molar-refractivity contribution in [2.45, 2.75) is 154 Å². The first-order valence-electron chi connectivity index (χ1n) is 21.2. The van der Waals surface area contributed by atoms with Crippen molar-refractivity contribution in [3.05, 3.63) is 97.2 Å². The van der Waals surface area contributed by atoms with Gasteiger partial charge in [0.15, 0.2) is 6.10 Å². The molecule has 0 amide bonds. The molecule has 2 unspecified atom stereocenters. The lowest BCUT2D eigenvalue weighted by Gasteiger charge is -2.20. The fourth-order valence-corrected chi connectivity index (χ4v) is 5.71. The Balaban J connectivity index is 4.53. The standard InChI is InChI=1S/C46H75O10P/c1-3-5-7-9-11-13-15-17-19-21-23-25-27-29-31-33-35-37-45(49)53-41-44(42-55-57(51,52)54-40-43(48)39-47)56-46(50)38-36-34-32-30-28-26-24-22-20-18-16-14-12-10-8-6-4-2/h11-14,17-20,23-26,29-32,43-44,47-48H,3-10,15-16,21-22,27-28,33-42H2,1-2H3,(H,51,52)/b13-11+,14-12+,19-17+,20-18+,25-23+,26-24+,31-29+,32-30+/t43?,44-/m1/s1. The van der Waals surface area contributed by atoms with E-state index in [9.17, 15) is 24.2 Å². The lowest BCUT2D eigenvalue weighted by Crippen LogP contribution is -2.29. The van der Waals surface area contributed by atoms with Gasteiger partial charge in [-0.05, 0) is 89.9 Å². The number of allylic oxidation sites excluding steroid dienone is 16. The van der Waals surface area contributed by atoms with E-state index in [2.05, 4.69) is 97.4 Å². The van der Waals surface area contributed by atoms with Gasteiger partial charge in [-0.1, -0.05) is 137 Å². The van der Waals surface area contributed by atoms with Gasteiger partial charge in [-0.3, -0.25) is 18.6 Å². The van der Waals surface area contributed by atoms with Gasteiger partial charge < -0.3 is 24.6 Å². The Morgan fingerprint density at radius 2 is 0.895 bits per heavy atom. The van der Waals surface area contributed by atoms with Crippen molar-refractivity contribution in [2.24, 2.45) is 0 Å². The second kappa shape index (κ2) is 41.1. The van der Waals surface area contributed by atoms with Crippen LogP contribution in [-0.4, -0.2) is 65.7 Å². The van der Waals surface area contributed by atoms with E-state index in [-0.39, 0.29) is 19.4 Å². The summed E-state index contributed by atoms with van der Waals surface area (Å²) in [5.41, 5.74) is 0. The molecule has 0 aromatic heterocycles. The average Bonchev–Trinajstić information content (AvgIpc) is 3.20. The van der Waals surface area contributed by atoms with Gasteiger partial charge in [-0.2, -0.15) is 0 Å². The molecule has 0 saturated carbocycles. The summed E-state index contributed by atoms with van der Waals surface area (Å²) in [7, 11) is -4.65. The summed E-state index contributed by atoms with van der Waals surface area (Å²) in [6, 6.07) is 0. The molecule has 11 heteroatoms. The maximum atomic E-state index is 12.6. The van der Waals surface area contributed by atoms with Crippen LogP contribution in [0.25, 0.3) is 0 Å². The highest BCUT2D eigenvalue weighted by Gasteiger charge is 2.27. The van der Waals surface area contributed by atoms with Crippen LogP contribution in [0.2, 0.25) is 0 Å². The zero-order valence-corrected chi connectivity index (χ0v) is 35.9. The first-order valence-corrected chi connectivity index (χ1v) is 22.7. The third kappa shape index (κ3) is 40.9. The van der Waals surface area contributed by atoms with Crippen LogP contribution in [0.1, 0.15) is 142 Å². The topological polar surface area (TPSA) is 149 Å². The maximum absolute atomic E-state index is 12.6. The molecule has 0 spiro atoms. The third-order valence-electron chi connectivity index (χ3n) is 8.21. The highest BCUT2D eigenvalue weighted by molar-refractivity contribution is 7.47. The van der Waals surface area contributed by atoms with Crippen molar-refractivity contribution in [3.63, 3.8) is 0 Å². The molecule has 0 radical (unpaired) electrons. The molecule has 0 aliphatic rings. The normalized spacial score (nSPS) is 14.8. The van der Waals surface area contributed by atoms with Crippen molar-refractivity contribution < 1.29 is 47.8 Å². The summed E-state index contributed by atoms with van der Waals surface area (Å²) < 4.78 is 32.6. The first-order chi connectivity index (χ1) is 27.7. The van der Waals surface area contributed by atoms with Crippen LogP contribution >= 0.6 is 7.82 Å². The fourth-order valence-electron chi connectivity index (χ4n) is 4.92. The molecule has 0 heterocycles. The number of phosphoric ester groups is 1. The second-order valence-corrected chi connectivity index (χ2v) is 15.1. The fraction of sp³-hybridized carbons (Fsp3) is 0.609.